The van der Waals surface area contributed by atoms with Crippen LogP contribution in [0.1, 0.15) is 22.2 Å². The molecule has 0 saturated carbocycles. The fourth-order valence-corrected chi connectivity index (χ4v) is 2.27. The average molecular weight is 315 g/mol. The number of nitrogens with zero attached hydrogens (tertiary/aromatic N) is 1. The number of benzene rings is 1. The maximum absolute atomic E-state index is 11.8. The number of nitriles is 1. The van der Waals surface area contributed by atoms with Crippen LogP contribution in [0.4, 0.5) is 0 Å². The quantitative estimate of drug-likeness (QED) is 0.605. The predicted octanol–water partition coefficient (Wildman–Crippen LogP) is 2.81. The van der Waals surface area contributed by atoms with Crippen LogP contribution < -0.4 is 4.74 Å². The highest BCUT2D eigenvalue weighted by Gasteiger charge is 2.18. The molecule has 0 unspecified atom stereocenters. The van der Waals surface area contributed by atoms with E-state index in [-0.39, 0.29) is 12.4 Å². The van der Waals surface area contributed by atoms with Crippen molar-refractivity contribution in [2.45, 2.75) is 13.0 Å². The lowest BCUT2D eigenvalue weighted by Crippen LogP contribution is -2.28. The van der Waals surface area contributed by atoms with Crippen LogP contribution in [0.2, 0.25) is 0 Å². The third-order valence-electron chi connectivity index (χ3n) is 2.77. The monoisotopic (exact) mass is 315 g/mol. The minimum atomic E-state index is -0.843. The van der Waals surface area contributed by atoms with Gasteiger partial charge in [-0.25, -0.2) is 4.79 Å². The van der Waals surface area contributed by atoms with E-state index in [1.807, 2.05) is 6.07 Å². The molecule has 0 aliphatic heterocycles. The Morgan fingerprint density at radius 3 is 2.59 bits per heavy atom. The van der Waals surface area contributed by atoms with Crippen molar-refractivity contribution in [3.8, 4) is 11.8 Å². The molecule has 112 valence electrons. The Bertz CT molecular complexity index is 686. The number of carbonyl (C=O) groups excluding carboxylic acids is 2. The highest BCUT2D eigenvalue weighted by molar-refractivity contribution is 7.12. The van der Waals surface area contributed by atoms with Gasteiger partial charge in [0.15, 0.2) is 12.7 Å². The van der Waals surface area contributed by atoms with E-state index in [4.69, 9.17) is 14.7 Å². The van der Waals surface area contributed by atoms with E-state index in [9.17, 15) is 9.59 Å². The number of ether oxygens (including phenoxy) is 2. The molecule has 1 atom stereocenters. The SMILES string of the molecule is C[C@@H](Oc1ccc(C#N)cc1)C(=O)OCC(=O)c1cccs1. The Kier molecular flexibility index (Phi) is 5.28. The summed E-state index contributed by atoms with van der Waals surface area (Å²) in [6, 6.07) is 11.8. The second-order valence-electron chi connectivity index (χ2n) is 4.40. The molecule has 5 nitrogen and oxygen atoms in total. The molecular weight excluding hydrogens is 302 g/mol. The molecule has 22 heavy (non-hydrogen) atoms. The van der Waals surface area contributed by atoms with Crippen molar-refractivity contribution in [1.29, 1.82) is 5.26 Å². The third kappa shape index (κ3) is 4.17. The molecular formula is C16H13NO4S. The van der Waals surface area contributed by atoms with Crippen LogP contribution in [0.25, 0.3) is 0 Å². The lowest BCUT2D eigenvalue weighted by Gasteiger charge is -2.13. The maximum atomic E-state index is 11.8. The van der Waals surface area contributed by atoms with Crippen LogP contribution in [0.3, 0.4) is 0 Å². The molecule has 0 spiro atoms. The highest BCUT2D eigenvalue weighted by Crippen LogP contribution is 2.14. The number of ketones is 1. The van der Waals surface area contributed by atoms with Gasteiger partial charge in [0.1, 0.15) is 5.75 Å². The van der Waals surface area contributed by atoms with Crippen molar-refractivity contribution in [1.82, 2.24) is 0 Å². The van der Waals surface area contributed by atoms with Gasteiger partial charge in [0.05, 0.1) is 16.5 Å². The lowest BCUT2D eigenvalue weighted by atomic mass is 10.2. The van der Waals surface area contributed by atoms with Gasteiger partial charge >= 0.3 is 5.97 Å². The number of rotatable bonds is 6. The second-order valence-corrected chi connectivity index (χ2v) is 5.35. The normalized spacial score (nSPS) is 11.3. The zero-order valence-electron chi connectivity index (χ0n) is 11.8. The first-order chi connectivity index (χ1) is 10.6. The zero-order valence-corrected chi connectivity index (χ0v) is 12.6. The first-order valence-corrected chi connectivity index (χ1v) is 7.38. The van der Waals surface area contributed by atoms with Crippen LogP contribution >= 0.6 is 11.3 Å². The molecule has 0 aliphatic carbocycles. The zero-order chi connectivity index (χ0) is 15.9. The van der Waals surface area contributed by atoms with Crippen molar-refractivity contribution < 1.29 is 19.1 Å². The fourth-order valence-electron chi connectivity index (χ4n) is 1.62. The molecule has 1 aromatic carbocycles. The van der Waals surface area contributed by atoms with Crippen LogP contribution in [0.5, 0.6) is 5.75 Å². The Morgan fingerprint density at radius 1 is 1.27 bits per heavy atom. The Labute approximate surface area is 131 Å². The molecule has 0 fully saturated rings. The van der Waals surface area contributed by atoms with Crippen LogP contribution in [0.15, 0.2) is 41.8 Å². The highest BCUT2D eigenvalue weighted by atomic mass is 32.1. The third-order valence-corrected chi connectivity index (χ3v) is 3.68. The lowest BCUT2D eigenvalue weighted by molar-refractivity contribution is -0.149. The van der Waals surface area contributed by atoms with E-state index in [0.717, 1.165) is 0 Å². The molecule has 0 aliphatic rings. The van der Waals surface area contributed by atoms with Crippen LogP contribution in [-0.2, 0) is 9.53 Å². The molecule has 1 heterocycles. The summed E-state index contributed by atoms with van der Waals surface area (Å²) in [6.07, 6.45) is -0.843. The summed E-state index contributed by atoms with van der Waals surface area (Å²) in [4.78, 5) is 24.1. The predicted molar refractivity (Wildman–Crippen MR) is 80.9 cm³/mol. The molecule has 2 aromatic rings. The Hall–Kier alpha value is -2.65. The summed E-state index contributed by atoms with van der Waals surface area (Å²) >= 11 is 1.30. The number of hydrogen-bond acceptors (Lipinski definition) is 6. The van der Waals surface area contributed by atoms with Crippen LogP contribution in [-0.4, -0.2) is 24.5 Å². The van der Waals surface area contributed by atoms with Crippen molar-refractivity contribution in [3.63, 3.8) is 0 Å². The van der Waals surface area contributed by atoms with E-state index in [0.29, 0.717) is 16.2 Å². The van der Waals surface area contributed by atoms with E-state index in [2.05, 4.69) is 0 Å². The number of carbonyl (C=O) groups is 2. The summed E-state index contributed by atoms with van der Waals surface area (Å²) in [7, 11) is 0. The van der Waals surface area contributed by atoms with Gasteiger partial charge in [-0.15, -0.1) is 11.3 Å². The first kappa shape index (κ1) is 15.7. The molecule has 0 bridgehead atoms. The summed E-state index contributed by atoms with van der Waals surface area (Å²) < 4.78 is 10.4. The molecule has 2 rings (SSSR count). The minimum absolute atomic E-state index is 0.242. The van der Waals surface area contributed by atoms with Crippen molar-refractivity contribution in [2.24, 2.45) is 0 Å². The standard InChI is InChI=1S/C16H13NO4S/c1-11(21-13-6-4-12(9-17)5-7-13)16(19)20-10-14(18)15-3-2-8-22-15/h2-8,11H,10H2,1H3/t11-/m1/s1. The smallest absolute Gasteiger partial charge is 0.347 e. The maximum Gasteiger partial charge on any atom is 0.347 e. The molecule has 0 N–H and O–H groups in total. The van der Waals surface area contributed by atoms with E-state index < -0.39 is 12.1 Å². The number of hydrogen-bond donors (Lipinski definition) is 0. The largest absolute Gasteiger partial charge is 0.479 e. The van der Waals surface area contributed by atoms with Gasteiger partial charge < -0.3 is 9.47 Å². The topological polar surface area (TPSA) is 76.4 Å². The van der Waals surface area contributed by atoms with Crippen molar-refractivity contribution in [2.75, 3.05) is 6.61 Å². The van der Waals surface area contributed by atoms with Gasteiger partial charge in [-0.1, -0.05) is 6.07 Å². The summed E-state index contributed by atoms with van der Waals surface area (Å²) in [5, 5.41) is 10.5. The van der Waals surface area contributed by atoms with Crippen molar-refractivity contribution in [3.05, 3.63) is 52.2 Å². The average Bonchev–Trinajstić information content (AvgIpc) is 3.07. The van der Waals surface area contributed by atoms with Gasteiger partial charge in [-0.05, 0) is 42.6 Å². The molecule has 0 radical (unpaired) electrons. The Balaban J connectivity index is 1.84. The van der Waals surface area contributed by atoms with Crippen LogP contribution in [0, 0.1) is 11.3 Å². The molecule has 0 amide bonds. The Morgan fingerprint density at radius 2 is 2.00 bits per heavy atom. The van der Waals surface area contributed by atoms with Gasteiger partial charge in [0.2, 0.25) is 5.78 Å². The van der Waals surface area contributed by atoms with Gasteiger partial charge in [-0.2, -0.15) is 5.26 Å². The van der Waals surface area contributed by atoms with Gasteiger partial charge in [0, 0.05) is 0 Å². The minimum Gasteiger partial charge on any atom is -0.479 e. The summed E-state index contributed by atoms with van der Waals surface area (Å²) in [5.74, 6) is -0.406. The number of esters is 1. The molecule has 0 saturated heterocycles. The fraction of sp³-hybridized carbons (Fsp3) is 0.188. The van der Waals surface area contributed by atoms with E-state index in [1.54, 1.807) is 41.8 Å². The van der Waals surface area contributed by atoms with Gasteiger partial charge in [0.25, 0.3) is 0 Å². The van der Waals surface area contributed by atoms with Crippen molar-refractivity contribution >= 4 is 23.1 Å². The van der Waals surface area contributed by atoms with E-state index >= 15 is 0 Å². The van der Waals surface area contributed by atoms with Gasteiger partial charge in [-0.3, -0.25) is 4.79 Å². The molecule has 1 aromatic heterocycles. The number of Topliss-reactive ketones (excluding diaryl/α,β-unsaturated/α-hetero) is 1. The summed E-state index contributed by atoms with van der Waals surface area (Å²) in [5.41, 5.74) is 0.504. The second kappa shape index (κ2) is 7.38. The number of thiophene rings is 1. The molecule has 6 heteroatoms. The first-order valence-electron chi connectivity index (χ1n) is 6.50. The summed E-state index contributed by atoms with van der Waals surface area (Å²) in [6.45, 7) is 1.23. The van der Waals surface area contributed by atoms with E-state index in [1.165, 1.54) is 18.3 Å².